The summed E-state index contributed by atoms with van der Waals surface area (Å²) in [5.41, 5.74) is 3.20. The molecule has 5 heteroatoms. The third-order valence-corrected chi connectivity index (χ3v) is 4.49. The summed E-state index contributed by atoms with van der Waals surface area (Å²) >= 11 is 0. The lowest BCUT2D eigenvalue weighted by Gasteiger charge is -2.35. The van der Waals surface area contributed by atoms with Gasteiger partial charge in [0.05, 0.1) is 36.1 Å². The molecule has 5 nitrogen and oxygen atoms in total. The Hall–Kier alpha value is -1.98. The van der Waals surface area contributed by atoms with Crippen LogP contribution in [0.4, 0.5) is 0 Å². The molecule has 0 amide bonds. The van der Waals surface area contributed by atoms with Gasteiger partial charge in [-0.2, -0.15) is 0 Å². The molecule has 2 atom stereocenters. The third kappa shape index (κ3) is 3.28. The number of hydrogen-bond acceptors (Lipinski definition) is 5. The number of pyridine rings is 1. The number of morpholine rings is 1. The SMILES string of the molecule is COC(=O)c1c(CN2CC(C)OC(C)C2)nc2ccccc2c1C. The van der Waals surface area contributed by atoms with Crippen LogP contribution in [0.1, 0.15) is 35.5 Å². The van der Waals surface area contributed by atoms with Crippen LogP contribution < -0.4 is 0 Å². The molecule has 0 radical (unpaired) electrons. The second kappa shape index (κ2) is 6.87. The average Bonchev–Trinajstić information content (AvgIpc) is 2.53. The zero-order valence-electron chi connectivity index (χ0n) is 14.7. The van der Waals surface area contributed by atoms with Crippen molar-refractivity contribution in [3.05, 3.63) is 41.1 Å². The highest BCUT2D eigenvalue weighted by molar-refractivity contribution is 5.98. The number of methoxy groups -OCH3 is 1. The van der Waals surface area contributed by atoms with Crippen LogP contribution in [0.2, 0.25) is 0 Å². The van der Waals surface area contributed by atoms with Crippen LogP contribution in [0.3, 0.4) is 0 Å². The summed E-state index contributed by atoms with van der Waals surface area (Å²) in [6, 6.07) is 7.91. The molecule has 0 spiro atoms. The molecule has 0 N–H and O–H groups in total. The largest absolute Gasteiger partial charge is 0.465 e. The number of aromatic nitrogens is 1. The maximum absolute atomic E-state index is 12.4. The Labute approximate surface area is 142 Å². The van der Waals surface area contributed by atoms with E-state index in [0.717, 1.165) is 35.2 Å². The van der Waals surface area contributed by atoms with Gasteiger partial charge in [0.25, 0.3) is 0 Å². The van der Waals surface area contributed by atoms with E-state index in [0.29, 0.717) is 12.1 Å². The Balaban J connectivity index is 2.03. The summed E-state index contributed by atoms with van der Waals surface area (Å²) in [5, 5.41) is 0.991. The van der Waals surface area contributed by atoms with Gasteiger partial charge in [0.1, 0.15) is 0 Å². The summed E-state index contributed by atoms with van der Waals surface area (Å²) in [6.07, 6.45) is 0.355. The number of para-hydroxylation sites is 1. The number of benzene rings is 1. The van der Waals surface area contributed by atoms with E-state index >= 15 is 0 Å². The van der Waals surface area contributed by atoms with Gasteiger partial charge in [-0.15, -0.1) is 0 Å². The van der Waals surface area contributed by atoms with Gasteiger partial charge in [0.2, 0.25) is 0 Å². The maximum Gasteiger partial charge on any atom is 0.340 e. The van der Waals surface area contributed by atoms with E-state index < -0.39 is 0 Å². The van der Waals surface area contributed by atoms with Gasteiger partial charge >= 0.3 is 5.97 Å². The molecule has 1 fully saturated rings. The highest BCUT2D eigenvalue weighted by Crippen LogP contribution is 2.25. The fraction of sp³-hybridized carbons (Fsp3) is 0.474. The van der Waals surface area contributed by atoms with Crippen molar-refractivity contribution in [1.29, 1.82) is 0 Å². The molecule has 2 heterocycles. The van der Waals surface area contributed by atoms with Crippen molar-refractivity contribution >= 4 is 16.9 Å². The van der Waals surface area contributed by atoms with Crippen molar-refractivity contribution < 1.29 is 14.3 Å². The molecule has 1 aliphatic heterocycles. The number of esters is 1. The number of carbonyl (C=O) groups is 1. The van der Waals surface area contributed by atoms with Crippen molar-refractivity contribution in [3.8, 4) is 0 Å². The topological polar surface area (TPSA) is 51.7 Å². The highest BCUT2D eigenvalue weighted by atomic mass is 16.5. The van der Waals surface area contributed by atoms with Crippen LogP contribution in [0.15, 0.2) is 24.3 Å². The summed E-state index contributed by atoms with van der Waals surface area (Å²) < 4.78 is 10.8. The molecule has 128 valence electrons. The fourth-order valence-corrected chi connectivity index (χ4v) is 3.55. The number of carbonyl (C=O) groups excluding carboxylic acids is 1. The lowest BCUT2D eigenvalue weighted by molar-refractivity contribution is -0.0707. The number of hydrogen-bond donors (Lipinski definition) is 0. The van der Waals surface area contributed by atoms with Crippen LogP contribution in [0.5, 0.6) is 0 Å². The molecule has 0 aliphatic carbocycles. The first-order valence-corrected chi connectivity index (χ1v) is 8.34. The summed E-state index contributed by atoms with van der Waals surface area (Å²) in [4.78, 5) is 19.4. The van der Waals surface area contributed by atoms with Gasteiger partial charge in [-0.3, -0.25) is 9.88 Å². The molecular formula is C19H24N2O3. The lowest BCUT2D eigenvalue weighted by atomic mass is 10.0. The first-order chi connectivity index (χ1) is 11.5. The second-order valence-electron chi connectivity index (χ2n) is 6.52. The Morgan fingerprint density at radius 3 is 2.62 bits per heavy atom. The van der Waals surface area contributed by atoms with Crippen molar-refractivity contribution in [3.63, 3.8) is 0 Å². The Morgan fingerprint density at radius 1 is 1.29 bits per heavy atom. The zero-order valence-corrected chi connectivity index (χ0v) is 14.7. The minimum absolute atomic E-state index is 0.178. The van der Waals surface area contributed by atoms with E-state index in [-0.39, 0.29) is 18.2 Å². The first-order valence-electron chi connectivity index (χ1n) is 8.34. The molecule has 0 saturated carbocycles. The number of rotatable bonds is 3. The lowest BCUT2D eigenvalue weighted by Crippen LogP contribution is -2.45. The van der Waals surface area contributed by atoms with Crippen molar-refractivity contribution in [2.75, 3.05) is 20.2 Å². The minimum Gasteiger partial charge on any atom is -0.465 e. The van der Waals surface area contributed by atoms with Crippen molar-refractivity contribution in [2.24, 2.45) is 0 Å². The fourth-order valence-electron chi connectivity index (χ4n) is 3.55. The summed E-state index contributed by atoms with van der Waals surface area (Å²) in [7, 11) is 1.42. The van der Waals surface area contributed by atoms with Gasteiger partial charge in [-0.25, -0.2) is 4.79 Å². The van der Waals surface area contributed by atoms with Crippen LogP contribution in [0.25, 0.3) is 10.9 Å². The third-order valence-electron chi connectivity index (χ3n) is 4.49. The molecule has 3 rings (SSSR count). The second-order valence-corrected chi connectivity index (χ2v) is 6.52. The van der Waals surface area contributed by atoms with Gasteiger partial charge in [0.15, 0.2) is 0 Å². The van der Waals surface area contributed by atoms with E-state index in [2.05, 4.69) is 18.7 Å². The maximum atomic E-state index is 12.4. The van der Waals surface area contributed by atoms with Crippen LogP contribution in [-0.4, -0.2) is 48.3 Å². The molecule has 1 aromatic carbocycles. The van der Waals surface area contributed by atoms with E-state index in [4.69, 9.17) is 14.5 Å². The molecule has 1 saturated heterocycles. The first kappa shape index (κ1) is 16.9. The van der Waals surface area contributed by atoms with Crippen LogP contribution >= 0.6 is 0 Å². The Kier molecular flexibility index (Phi) is 4.83. The quantitative estimate of drug-likeness (QED) is 0.811. The normalized spacial score (nSPS) is 21.8. The molecule has 1 aromatic heterocycles. The molecule has 2 unspecified atom stereocenters. The van der Waals surface area contributed by atoms with Gasteiger partial charge < -0.3 is 9.47 Å². The van der Waals surface area contributed by atoms with E-state index in [1.165, 1.54) is 7.11 Å². The standard InChI is InChI=1S/C19H24N2O3/c1-12-9-21(10-13(2)24-12)11-17-18(19(22)23-4)14(3)15-7-5-6-8-16(15)20-17/h5-8,12-13H,9-11H2,1-4H3. The molecule has 1 aliphatic rings. The van der Waals surface area contributed by atoms with Crippen LogP contribution in [-0.2, 0) is 16.0 Å². The van der Waals surface area contributed by atoms with Crippen molar-refractivity contribution in [1.82, 2.24) is 9.88 Å². The number of aryl methyl sites for hydroxylation is 1. The van der Waals surface area contributed by atoms with Gasteiger partial charge in [-0.1, -0.05) is 18.2 Å². The molecule has 0 bridgehead atoms. The van der Waals surface area contributed by atoms with E-state index in [1.807, 2.05) is 31.2 Å². The number of ether oxygens (including phenoxy) is 2. The van der Waals surface area contributed by atoms with Crippen LogP contribution in [0, 0.1) is 6.92 Å². The molecular weight excluding hydrogens is 304 g/mol. The monoisotopic (exact) mass is 328 g/mol. The molecule has 24 heavy (non-hydrogen) atoms. The van der Waals surface area contributed by atoms with Gasteiger partial charge in [-0.05, 0) is 32.4 Å². The summed E-state index contributed by atoms with van der Waals surface area (Å²) in [6.45, 7) is 8.39. The number of nitrogens with zero attached hydrogens (tertiary/aromatic N) is 2. The predicted octanol–water partition coefficient (Wildman–Crippen LogP) is 2.94. The number of fused-ring (bicyclic) bond motifs is 1. The van der Waals surface area contributed by atoms with E-state index in [9.17, 15) is 4.79 Å². The predicted molar refractivity (Wildman–Crippen MR) is 93.1 cm³/mol. The Bertz CT molecular complexity index is 750. The van der Waals surface area contributed by atoms with Crippen molar-refractivity contribution in [2.45, 2.75) is 39.5 Å². The zero-order chi connectivity index (χ0) is 17.3. The average molecular weight is 328 g/mol. The van der Waals surface area contributed by atoms with E-state index in [1.54, 1.807) is 0 Å². The smallest absolute Gasteiger partial charge is 0.340 e. The Morgan fingerprint density at radius 2 is 1.96 bits per heavy atom. The minimum atomic E-state index is -0.324. The highest BCUT2D eigenvalue weighted by Gasteiger charge is 2.26. The van der Waals surface area contributed by atoms with Gasteiger partial charge in [0, 0.05) is 25.0 Å². The summed E-state index contributed by atoms with van der Waals surface area (Å²) in [5.74, 6) is -0.324. The molecule has 2 aromatic rings.